The van der Waals surface area contributed by atoms with Crippen LogP contribution in [0.2, 0.25) is 5.02 Å². The van der Waals surface area contributed by atoms with Crippen molar-refractivity contribution in [2.75, 3.05) is 12.3 Å². The molecule has 2 fully saturated rings. The SMILES string of the molecule is OC1(c2ccc(Cl)cc2)C[C@H]2CC[C@@H](C1)N2CCCSc1cccc(F)c1. The molecule has 0 spiro atoms. The van der Waals surface area contributed by atoms with Gasteiger partial charge in [-0.1, -0.05) is 29.8 Å². The van der Waals surface area contributed by atoms with Gasteiger partial charge in [-0.15, -0.1) is 11.8 Å². The Hall–Kier alpha value is -1.07. The van der Waals surface area contributed by atoms with E-state index < -0.39 is 5.60 Å². The van der Waals surface area contributed by atoms with Gasteiger partial charge in [-0.3, -0.25) is 4.90 Å². The number of thioether (sulfide) groups is 1. The average Bonchev–Trinajstić information content (AvgIpc) is 2.89. The third-order valence-corrected chi connectivity index (χ3v) is 7.26. The van der Waals surface area contributed by atoms with E-state index in [9.17, 15) is 9.50 Å². The fourth-order valence-corrected chi connectivity index (χ4v) is 5.68. The molecule has 144 valence electrons. The van der Waals surface area contributed by atoms with E-state index in [0.29, 0.717) is 17.1 Å². The first-order valence-corrected chi connectivity index (χ1v) is 11.0. The molecule has 2 bridgehead atoms. The summed E-state index contributed by atoms with van der Waals surface area (Å²) in [5.74, 6) is 0.816. The Labute approximate surface area is 169 Å². The zero-order valence-corrected chi connectivity index (χ0v) is 16.9. The lowest BCUT2D eigenvalue weighted by Crippen LogP contribution is -2.49. The number of rotatable bonds is 6. The van der Waals surface area contributed by atoms with Crippen LogP contribution in [0.15, 0.2) is 53.4 Å². The van der Waals surface area contributed by atoms with Gasteiger partial charge in [0.15, 0.2) is 0 Å². The van der Waals surface area contributed by atoms with E-state index >= 15 is 0 Å². The Kier molecular flexibility index (Phi) is 5.79. The Morgan fingerprint density at radius 3 is 2.48 bits per heavy atom. The van der Waals surface area contributed by atoms with Gasteiger partial charge in [0, 0.05) is 22.0 Å². The van der Waals surface area contributed by atoms with Crippen LogP contribution in [0.3, 0.4) is 0 Å². The van der Waals surface area contributed by atoms with Crippen molar-refractivity contribution in [2.24, 2.45) is 0 Å². The van der Waals surface area contributed by atoms with Crippen LogP contribution in [-0.2, 0) is 5.60 Å². The largest absolute Gasteiger partial charge is 0.385 e. The molecule has 2 saturated heterocycles. The van der Waals surface area contributed by atoms with Gasteiger partial charge in [0.25, 0.3) is 0 Å². The number of fused-ring (bicyclic) bond motifs is 2. The second-order valence-electron chi connectivity index (χ2n) is 7.73. The summed E-state index contributed by atoms with van der Waals surface area (Å²) in [6.45, 7) is 1.05. The second kappa shape index (κ2) is 8.12. The molecule has 2 heterocycles. The summed E-state index contributed by atoms with van der Waals surface area (Å²) in [6, 6.07) is 15.4. The summed E-state index contributed by atoms with van der Waals surface area (Å²) in [5, 5.41) is 12.0. The van der Waals surface area contributed by atoms with Gasteiger partial charge in [0.05, 0.1) is 5.60 Å². The van der Waals surface area contributed by atoms with Crippen molar-refractivity contribution in [1.82, 2.24) is 4.90 Å². The highest BCUT2D eigenvalue weighted by Gasteiger charge is 2.47. The molecule has 0 radical (unpaired) electrons. The summed E-state index contributed by atoms with van der Waals surface area (Å²) < 4.78 is 13.3. The standard InChI is InChI=1S/C22H25ClFNOS/c23-17-7-5-16(6-8-17)22(26)14-19-9-10-20(15-22)25(19)11-2-12-27-21-4-1-3-18(24)13-21/h1,3-8,13,19-20,26H,2,9-12,14-15H2/t19-,20+,22?. The van der Waals surface area contributed by atoms with Crippen molar-refractivity contribution < 1.29 is 9.50 Å². The molecule has 0 saturated carbocycles. The number of benzene rings is 2. The zero-order valence-electron chi connectivity index (χ0n) is 15.3. The highest BCUT2D eigenvalue weighted by molar-refractivity contribution is 7.99. The van der Waals surface area contributed by atoms with E-state index in [-0.39, 0.29) is 5.82 Å². The van der Waals surface area contributed by atoms with Crippen LogP contribution in [0, 0.1) is 5.82 Å². The Morgan fingerprint density at radius 2 is 1.81 bits per heavy atom. The van der Waals surface area contributed by atoms with Crippen LogP contribution in [0.5, 0.6) is 0 Å². The number of nitrogens with zero attached hydrogens (tertiary/aromatic N) is 1. The number of halogens is 2. The smallest absolute Gasteiger partial charge is 0.124 e. The minimum atomic E-state index is -0.733. The zero-order chi connectivity index (χ0) is 18.9. The first kappa shape index (κ1) is 19.3. The number of aliphatic hydroxyl groups is 1. The van der Waals surface area contributed by atoms with Gasteiger partial charge < -0.3 is 5.11 Å². The number of piperidine rings is 1. The highest BCUT2D eigenvalue weighted by atomic mass is 35.5. The predicted octanol–water partition coefficient (Wildman–Crippen LogP) is 5.48. The van der Waals surface area contributed by atoms with Crippen molar-refractivity contribution >= 4 is 23.4 Å². The summed E-state index contributed by atoms with van der Waals surface area (Å²) in [5.41, 5.74) is 0.258. The van der Waals surface area contributed by atoms with E-state index in [4.69, 9.17) is 11.6 Å². The maximum absolute atomic E-state index is 13.3. The maximum atomic E-state index is 13.3. The van der Waals surface area contributed by atoms with E-state index in [2.05, 4.69) is 4.90 Å². The van der Waals surface area contributed by atoms with E-state index in [1.54, 1.807) is 23.9 Å². The quantitative estimate of drug-likeness (QED) is 0.508. The van der Waals surface area contributed by atoms with Gasteiger partial charge in [0.1, 0.15) is 5.82 Å². The van der Waals surface area contributed by atoms with Crippen LogP contribution < -0.4 is 0 Å². The summed E-state index contributed by atoms with van der Waals surface area (Å²) in [6.07, 6.45) is 4.99. The summed E-state index contributed by atoms with van der Waals surface area (Å²) in [4.78, 5) is 3.59. The van der Waals surface area contributed by atoms with Crippen LogP contribution in [0.4, 0.5) is 4.39 Å². The van der Waals surface area contributed by atoms with Crippen LogP contribution in [-0.4, -0.2) is 34.4 Å². The molecule has 1 N–H and O–H groups in total. The molecule has 2 nitrogen and oxygen atoms in total. The van der Waals surface area contributed by atoms with E-state index in [1.165, 1.54) is 6.07 Å². The van der Waals surface area contributed by atoms with Crippen LogP contribution in [0.1, 0.15) is 37.7 Å². The lowest BCUT2D eigenvalue weighted by Gasteiger charge is -2.44. The molecule has 2 aliphatic rings. The fourth-order valence-electron chi connectivity index (χ4n) is 4.67. The minimum Gasteiger partial charge on any atom is -0.385 e. The molecular weight excluding hydrogens is 381 g/mol. The monoisotopic (exact) mass is 405 g/mol. The number of hydrogen-bond donors (Lipinski definition) is 1. The van der Waals surface area contributed by atoms with E-state index in [1.807, 2.05) is 30.3 Å². The lowest BCUT2D eigenvalue weighted by atomic mass is 9.80. The topological polar surface area (TPSA) is 23.5 Å². The molecule has 1 unspecified atom stereocenters. The molecule has 0 aromatic heterocycles. The number of hydrogen-bond acceptors (Lipinski definition) is 3. The summed E-state index contributed by atoms with van der Waals surface area (Å²) >= 11 is 7.72. The molecule has 0 amide bonds. The molecule has 3 atom stereocenters. The van der Waals surface area contributed by atoms with Crippen molar-refractivity contribution in [1.29, 1.82) is 0 Å². The molecule has 0 aliphatic carbocycles. The van der Waals surface area contributed by atoms with Crippen molar-refractivity contribution in [3.63, 3.8) is 0 Å². The van der Waals surface area contributed by atoms with Gasteiger partial charge in [-0.2, -0.15) is 0 Å². The molecule has 2 aliphatic heterocycles. The molecule has 27 heavy (non-hydrogen) atoms. The highest BCUT2D eigenvalue weighted by Crippen LogP contribution is 2.45. The first-order chi connectivity index (χ1) is 13.0. The normalized spacial score (nSPS) is 27.8. The van der Waals surface area contributed by atoms with Crippen molar-refractivity contribution in [3.8, 4) is 0 Å². The molecule has 4 rings (SSSR count). The molecular formula is C22H25ClFNOS. The minimum absolute atomic E-state index is 0.171. The lowest BCUT2D eigenvalue weighted by molar-refractivity contribution is -0.0566. The van der Waals surface area contributed by atoms with Crippen molar-refractivity contribution in [3.05, 3.63) is 64.9 Å². The third kappa shape index (κ3) is 4.34. The van der Waals surface area contributed by atoms with Gasteiger partial charge >= 0.3 is 0 Å². The van der Waals surface area contributed by atoms with Gasteiger partial charge in [0.2, 0.25) is 0 Å². The average molecular weight is 406 g/mol. The Bertz CT molecular complexity index is 770. The van der Waals surface area contributed by atoms with Gasteiger partial charge in [-0.25, -0.2) is 4.39 Å². The van der Waals surface area contributed by atoms with Crippen LogP contribution in [0.25, 0.3) is 0 Å². The maximum Gasteiger partial charge on any atom is 0.124 e. The molecule has 2 aromatic carbocycles. The Balaban J connectivity index is 1.32. The van der Waals surface area contributed by atoms with E-state index in [0.717, 1.165) is 54.9 Å². The molecule has 2 aromatic rings. The summed E-state index contributed by atoms with van der Waals surface area (Å²) in [7, 11) is 0. The molecule has 5 heteroatoms. The van der Waals surface area contributed by atoms with Gasteiger partial charge in [-0.05, 0) is 80.3 Å². The predicted molar refractivity (Wildman–Crippen MR) is 110 cm³/mol. The second-order valence-corrected chi connectivity index (χ2v) is 9.33. The van der Waals surface area contributed by atoms with Crippen molar-refractivity contribution in [2.45, 2.75) is 54.7 Å². The fraction of sp³-hybridized carbons (Fsp3) is 0.455. The third-order valence-electron chi connectivity index (χ3n) is 5.92. The Morgan fingerprint density at radius 1 is 1.11 bits per heavy atom. The first-order valence-electron chi connectivity index (χ1n) is 9.66. The van der Waals surface area contributed by atoms with Crippen LogP contribution >= 0.6 is 23.4 Å².